The summed E-state index contributed by atoms with van der Waals surface area (Å²) >= 11 is 1.34. The van der Waals surface area contributed by atoms with E-state index in [1.165, 1.54) is 11.3 Å². The van der Waals surface area contributed by atoms with Crippen LogP contribution in [0.2, 0.25) is 0 Å². The molecule has 0 aliphatic heterocycles. The van der Waals surface area contributed by atoms with Crippen molar-refractivity contribution >= 4 is 33.3 Å². The maximum Gasteiger partial charge on any atom is 0.323 e. The summed E-state index contributed by atoms with van der Waals surface area (Å²) in [6.07, 6.45) is 4.54. The Morgan fingerprint density at radius 2 is 1.77 bits per heavy atom. The van der Waals surface area contributed by atoms with Gasteiger partial charge in [-0.2, -0.15) is 0 Å². The molecule has 0 radical (unpaired) electrons. The molecule has 1 fully saturated rings. The number of thiophene rings is 1. The summed E-state index contributed by atoms with van der Waals surface area (Å²) in [4.78, 5) is 24.1. The van der Waals surface area contributed by atoms with Gasteiger partial charge in [0.05, 0.1) is 11.5 Å². The molecule has 4 rings (SSSR count). The lowest BCUT2D eigenvalue weighted by Gasteiger charge is -2.16. The molecular weight excluding hydrogens is 466 g/mol. The molecule has 2 aromatic carbocycles. The first-order valence-corrected chi connectivity index (χ1v) is 12.7. The van der Waals surface area contributed by atoms with Crippen LogP contribution in [0.4, 0.5) is 0 Å². The van der Waals surface area contributed by atoms with Gasteiger partial charge in [-0.15, -0.1) is 11.3 Å². The molecule has 1 heterocycles. The van der Waals surface area contributed by atoms with Gasteiger partial charge >= 0.3 is 5.97 Å². The molecule has 0 spiro atoms. The van der Waals surface area contributed by atoms with Crippen molar-refractivity contribution in [2.24, 2.45) is 5.73 Å². The molecule has 9 heteroatoms. The minimum absolute atomic E-state index is 0.0298. The Bertz CT molecular complexity index is 1140. The zero-order valence-electron chi connectivity index (χ0n) is 19.5. The first-order valence-electron chi connectivity index (χ1n) is 11.9. The van der Waals surface area contributed by atoms with Crippen LogP contribution in [0.1, 0.15) is 52.9 Å². The average molecular weight is 498 g/mol. The van der Waals surface area contributed by atoms with Gasteiger partial charge in [-0.05, 0) is 66.5 Å². The fourth-order valence-corrected chi connectivity index (χ4v) is 5.10. The maximum atomic E-state index is 12.1. The minimum Gasteiger partial charge on any atom is -0.494 e. The quantitative estimate of drug-likeness (QED) is 0.180. The van der Waals surface area contributed by atoms with Gasteiger partial charge in [-0.25, -0.2) is 5.48 Å². The highest BCUT2D eigenvalue weighted by atomic mass is 32.1. The number of carbonyl (C=O) groups excluding carboxylic acids is 2. The van der Waals surface area contributed by atoms with Gasteiger partial charge in [-0.3, -0.25) is 14.8 Å². The smallest absolute Gasteiger partial charge is 0.323 e. The molecule has 0 saturated heterocycles. The predicted octanol–water partition coefficient (Wildman–Crippen LogP) is 3.89. The van der Waals surface area contributed by atoms with Crippen molar-refractivity contribution in [3.8, 4) is 5.75 Å². The molecule has 1 aromatic heterocycles. The summed E-state index contributed by atoms with van der Waals surface area (Å²) in [5.74, 6) is -0.102. The number of rotatable bonds is 11. The molecule has 186 valence electrons. The summed E-state index contributed by atoms with van der Waals surface area (Å²) in [7, 11) is 0. The van der Waals surface area contributed by atoms with E-state index in [2.05, 4.69) is 5.32 Å². The Morgan fingerprint density at radius 3 is 2.51 bits per heavy atom. The van der Waals surface area contributed by atoms with Crippen molar-refractivity contribution in [3.05, 3.63) is 64.5 Å². The summed E-state index contributed by atoms with van der Waals surface area (Å²) in [5, 5.41) is 13.2. The van der Waals surface area contributed by atoms with Gasteiger partial charge < -0.3 is 20.5 Å². The van der Waals surface area contributed by atoms with Crippen LogP contribution < -0.4 is 21.3 Å². The molecule has 1 amide bonds. The van der Waals surface area contributed by atoms with E-state index in [0.29, 0.717) is 31.0 Å². The van der Waals surface area contributed by atoms with E-state index >= 15 is 0 Å². The first-order chi connectivity index (χ1) is 17.0. The van der Waals surface area contributed by atoms with E-state index in [0.717, 1.165) is 52.6 Å². The highest BCUT2D eigenvalue weighted by Gasteiger charge is 2.23. The second-order valence-electron chi connectivity index (χ2n) is 8.76. The van der Waals surface area contributed by atoms with Crippen LogP contribution in [-0.2, 0) is 22.6 Å². The van der Waals surface area contributed by atoms with Gasteiger partial charge in [0.25, 0.3) is 5.91 Å². The number of ether oxygens (including phenoxy) is 2. The molecule has 1 aliphatic rings. The highest BCUT2D eigenvalue weighted by Crippen LogP contribution is 2.27. The number of esters is 1. The third-order valence-corrected chi connectivity index (χ3v) is 7.17. The molecule has 8 nitrogen and oxygen atoms in total. The van der Waals surface area contributed by atoms with E-state index in [1.54, 1.807) is 11.5 Å². The minimum atomic E-state index is -0.661. The number of hydrogen-bond donors (Lipinski definition) is 4. The lowest BCUT2D eigenvalue weighted by molar-refractivity contribution is -0.150. The SMILES string of the molecule is N[C@H](CCOc1ccc(CNCc2ccc3cc(C(=O)NO)sc3c2)cc1)C(=O)OC1CCCC1. The van der Waals surface area contributed by atoms with Gasteiger partial charge in [0.15, 0.2) is 0 Å². The number of benzene rings is 2. The fourth-order valence-electron chi connectivity index (χ4n) is 4.09. The predicted molar refractivity (Wildman–Crippen MR) is 134 cm³/mol. The van der Waals surface area contributed by atoms with E-state index in [4.69, 9.17) is 20.4 Å². The lowest BCUT2D eigenvalue weighted by Crippen LogP contribution is -2.35. The van der Waals surface area contributed by atoms with Crippen molar-refractivity contribution in [2.75, 3.05) is 6.61 Å². The van der Waals surface area contributed by atoms with Crippen LogP contribution in [0, 0.1) is 0 Å². The second-order valence-corrected chi connectivity index (χ2v) is 9.84. The van der Waals surface area contributed by atoms with Crippen molar-refractivity contribution in [2.45, 2.75) is 57.3 Å². The van der Waals surface area contributed by atoms with Gasteiger partial charge in [0, 0.05) is 24.2 Å². The van der Waals surface area contributed by atoms with E-state index < -0.39 is 11.9 Å². The molecule has 0 unspecified atom stereocenters. The molecule has 5 N–H and O–H groups in total. The lowest BCUT2D eigenvalue weighted by atomic mass is 10.1. The third-order valence-electron chi connectivity index (χ3n) is 6.08. The molecular formula is C26H31N3O5S. The fraction of sp³-hybridized carbons (Fsp3) is 0.385. The molecule has 3 aromatic rings. The molecule has 1 atom stereocenters. The van der Waals surface area contributed by atoms with Crippen LogP contribution >= 0.6 is 11.3 Å². The summed E-state index contributed by atoms with van der Waals surface area (Å²) in [5.41, 5.74) is 9.85. The first kappa shape index (κ1) is 25.1. The van der Waals surface area contributed by atoms with Crippen LogP contribution in [-0.4, -0.2) is 35.8 Å². The largest absolute Gasteiger partial charge is 0.494 e. The Labute approximate surface area is 208 Å². The van der Waals surface area contributed by atoms with Crippen molar-refractivity contribution in [1.29, 1.82) is 0 Å². The molecule has 0 bridgehead atoms. The van der Waals surface area contributed by atoms with Crippen LogP contribution in [0.3, 0.4) is 0 Å². The number of carbonyl (C=O) groups is 2. The topological polar surface area (TPSA) is 123 Å². The zero-order chi connectivity index (χ0) is 24.6. The number of amides is 1. The Morgan fingerprint density at radius 1 is 1.06 bits per heavy atom. The van der Waals surface area contributed by atoms with Crippen molar-refractivity contribution < 1.29 is 24.3 Å². The second kappa shape index (κ2) is 12.1. The number of hydrogen-bond acceptors (Lipinski definition) is 8. The number of hydroxylamine groups is 1. The molecule has 1 aliphatic carbocycles. The standard InChI is InChI=1S/C26H31N3O5S/c27-22(26(31)34-21-3-1-2-4-21)11-12-33-20-9-6-17(7-10-20)15-28-16-18-5-8-19-14-24(25(30)29-32)35-23(19)13-18/h5-10,13-14,21-22,28,32H,1-4,11-12,15-16,27H2,(H,29,30)/t22-/m1/s1. The Hall–Kier alpha value is -2.98. The average Bonchev–Trinajstić information content (AvgIpc) is 3.54. The zero-order valence-corrected chi connectivity index (χ0v) is 20.3. The monoisotopic (exact) mass is 497 g/mol. The Balaban J connectivity index is 1.18. The van der Waals surface area contributed by atoms with E-state index in [1.807, 2.05) is 42.5 Å². The number of nitrogens with one attached hydrogen (secondary N) is 2. The van der Waals surface area contributed by atoms with Crippen molar-refractivity contribution in [3.63, 3.8) is 0 Å². The number of fused-ring (bicyclic) bond motifs is 1. The van der Waals surface area contributed by atoms with Gasteiger partial charge in [0.2, 0.25) is 0 Å². The van der Waals surface area contributed by atoms with Crippen LogP contribution in [0.15, 0.2) is 48.5 Å². The maximum absolute atomic E-state index is 12.1. The summed E-state index contributed by atoms with van der Waals surface area (Å²) < 4.78 is 12.2. The van der Waals surface area contributed by atoms with Crippen LogP contribution in [0.25, 0.3) is 10.1 Å². The van der Waals surface area contributed by atoms with Crippen LogP contribution in [0.5, 0.6) is 5.75 Å². The highest BCUT2D eigenvalue weighted by molar-refractivity contribution is 7.20. The number of nitrogens with two attached hydrogens (primary N) is 1. The van der Waals surface area contributed by atoms with E-state index in [9.17, 15) is 9.59 Å². The summed E-state index contributed by atoms with van der Waals surface area (Å²) in [6.45, 7) is 1.73. The van der Waals surface area contributed by atoms with Gasteiger partial charge in [0.1, 0.15) is 17.9 Å². The van der Waals surface area contributed by atoms with Crippen molar-refractivity contribution in [1.82, 2.24) is 10.8 Å². The normalized spacial score (nSPS) is 14.7. The van der Waals surface area contributed by atoms with Gasteiger partial charge in [-0.1, -0.05) is 24.3 Å². The molecule has 35 heavy (non-hydrogen) atoms. The Kier molecular flexibility index (Phi) is 8.70. The third kappa shape index (κ3) is 7.02. The molecule has 1 saturated carbocycles. The summed E-state index contributed by atoms with van der Waals surface area (Å²) in [6, 6.07) is 15.0. The van der Waals surface area contributed by atoms with E-state index in [-0.39, 0.29) is 12.1 Å².